The molecular weight excluding hydrogens is 416 g/mol. The predicted molar refractivity (Wildman–Crippen MR) is 121 cm³/mol. The third kappa shape index (κ3) is 4.02. The molecule has 0 amide bonds. The van der Waals surface area contributed by atoms with Crippen molar-refractivity contribution in [3.63, 3.8) is 0 Å². The van der Waals surface area contributed by atoms with Crippen LogP contribution in [0.1, 0.15) is 72.0 Å². The molecule has 1 atom stereocenters. The second-order valence-electron chi connectivity index (χ2n) is 8.27. The van der Waals surface area contributed by atoms with Crippen LogP contribution in [-0.4, -0.2) is 25.6 Å². The van der Waals surface area contributed by atoms with E-state index < -0.39 is 5.97 Å². The number of rotatable bonds is 5. The number of carboxylic acid groups (broad SMARTS) is 1. The van der Waals surface area contributed by atoms with Crippen LogP contribution >= 0.6 is 11.6 Å². The van der Waals surface area contributed by atoms with E-state index >= 15 is 0 Å². The summed E-state index contributed by atoms with van der Waals surface area (Å²) in [5.74, 6) is -0.0490. The highest BCUT2D eigenvalue weighted by atomic mass is 35.5. The Morgan fingerprint density at radius 2 is 1.97 bits per heavy atom. The van der Waals surface area contributed by atoms with Crippen molar-refractivity contribution in [2.75, 3.05) is 5.32 Å². The Morgan fingerprint density at radius 1 is 1.26 bits per heavy atom. The highest BCUT2D eigenvalue weighted by Gasteiger charge is 2.24. The Kier molecular flexibility index (Phi) is 5.71. The Labute approximate surface area is 185 Å². The van der Waals surface area contributed by atoms with Crippen LogP contribution in [-0.2, 0) is 7.05 Å². The number of carbonyl (C=O) groups is 1. The van der Waals surface area contributed by atoms with Crippen LogP contribution in [0.15, 0.2) is 29.1 Å². The van der Waals surface area contributed by atoms with Gasteiger partial charge >= 0.3 is 5.97 Å². The first-order valence-electron chi connectivity index (χ1n) is 10.4. The molecule has 0 radical (unpaired) electrons. The molecule has 7 nitrogen and oxygen atoms in total. The van der Waals surface area contributed by atoms with Gasteiger partial charge in [0.05, 0.1) is 22.6 Å². The van der Waals surface area contributed by atoms with Gasteiger partial charge in [-0.3, -0.25) is 9.36 Å². The summed E-state index contributed by atoms with van der Waals surface area (Å²) in [5, 5.41) is 13.4. The highest BCUT2D eigenvalue weighted by Crippen LogP contribution is 2.34. The number of aromatic nitrogens is 3. The molecule has 3 aromatic rings. The van der Waals surface area contributed by atoms with E-state index in [2.05, 4.69) is 10.3 Å². The van der Waals surface area contributed by atoms with Crippen LogP contribution in [0.5, 0.6) is 0 Å². The topological polar surface area (TPSA) is 97.1 Å². The first-order valence-corrected chi connectivity index (χ1v) is 10.8. The summed E-state index contributed by atoms with van der Waals surface area (Å²) in [4.78, 5) is 33.7. The molecule has 162 valence electrons. The maximum absolute atomic E-state index is 13.2. The molecule has 0 aliphatic heterocycles. The lowest BCUT2D eigenvalue weighted by Crippen LogP contribution is -2.25. The van der Waals surface area contributed by atoms with Crippen molar-refractivity contribution in [2.24, 2.45) is 7.05 Å². The molecule has 1 aliphatic carbocycles. The molecule has 0 unspecified atom stereocenters. The number of nitrogens with zero attached hydrogens (tertiary/aromatic N) is 3. The number of pyridine rings is 1. The Hall–Kier alpha value is -2.93. The molecular formula is C23H25ClN4O3. The maximum atomic E-state index is 13.2. The monoisotopic (exact) mass is 440 g/mol. The van der Waals surface area contributed by atoms with Crippen molar-refractivity contribution in [3.05, 3.63) is 62.4 Å². The summed E-state index contributed by atoms with van der Waals surface area (Å²) >= 11 is 5.88. The lowest BCUT2D eigenvalue weighted by atomic mass is 9.99. The van der Waals surface area contributed by atoms with Gasteiger partial charge in [-0.25, -0.2) is 14.8 Å². The van der Waals surface area contributed by atoms with E-state index in [0.717, 1.165) is 42.6 Å². The van der Waals surface area contributed by atoms with E-state index in [1.807, 2.05) is 26.0 Å². The first-order chi connectivity index (χ1) is 14.8. The molecule has 0 spiro atoms. The molecule has 0 saturated heterocycles. The van der Waals surface area contributed by atoms with E-state index in [1.54, 1.807) is 23.7 Å². The number of nitrogens with one attached hydrogen (secondary N) is 1. The van der Waals surface area contributed by atoms with Gasteiger partial charge in [-0.15, -0.1) is 0 Å². The standard InChI is InChI=1S/C23H25ClN4O3/c1-12-10-15(13(2)25-17-8-9-18(24)26-20(17)23(30)31)19-16(11-12)22(29)28(3)21(27-19)14-6-4-5-7-14/h8-11,13-14,25H,4-7H2,1-3H3,(H,30,31)/t13-/m1/s1. The minimum Gasteiger partial charge on any atom is -0.476 e. The second kappa shape index (κ2) is 8.30. The molecule has 1 saturated carbocycles. The van der Waals surface area contributed by atoms with Gasteiger partial charge in [-0.05, 0) is 50.5 Å². The van der Waals surface area contributed by atoms with Gasteiger partial charge in [-0.2, -0.15) is 0 Å². The molecule has 4 rings (SSSR count). The predicted octanol–water partition coefficient (Wildman–Crippen LogP) is 4.82. The molecule has 1 fully saturated rings. The summed E-state index contributed by atoms with van der Waals surface area (Å²) in [6, 6.07) is 6.70. The fourth-order valence-corrected chi connectivity index (χ4v) is 4.62. The zero-order valence-corrected chi connectivity index (χ0v) is 18.5. The second-order valence-corrected chi connectivity index (χ2v) is 8.65. The third-order valence-electron chi connectivity index (χ3n) is 6.01. The molecule has 0 bridgehead atoms. The number of anilines is 1. The normalized spacial score (nSPS) is 15.4. The zero-order chi connectivity index (χ0) is 22.3. The number of hydrogen-bond acceptors (Lipinski definition) is 5. The average Bonchev–Trinajstić information content (AvgIpc) is 3.26. The molecule has 1 aliphatic rings. The van der Waals surface area contributed by atoms with Gasteiger partial charge in [0, 0.05) is 18.5 Å². The molecule has 2 N–H and O–H groups in total. The number of hydrogen-bond donors (Lipinski definition) is 2. The SMILES string of the molecule is Cc1cc([C@@H](C)Nc2ccc(Cl)nc2C(=O)O)c2nc(C3CCCC3)n(C)c(=O)c2c1. The van der Waals surface area contributed by atoms with Gasteiger partial charge in [0.25, 0.3) is 5.56 Å². The van der Waals surface area contributed by atoms with E-state index in [4.69, 9.17) is 16.6 Å². The Balaban J connectivity index is 1.83. The van der Waals surface area contributed by atoms with E-state index in [9.17, 15) is 14.7 Å². The summed E-state index contributed by atoms with van der Waals surface area (Å²) in [6.07, 6.45) is 4.38. The van der Waals surface area contributed by atoms with Crippen molar-refractivity contribution >= 4 is 34.2 Å². The highest BCUT2D eigenvalue weighted by molar-refractivity contribution is 6.29. The third-order valence-corrected chi connectivity index (χ3v) is 6.22. The van der Waals surface area contributed by atoms with Gasteiger partial charge in [-0.1, -0.05) is 30.5 Å². The number of fused-ring (bicyclic) bond motifs is 1. The number of benzene rings is 1. The summed E-state index contributed by atoms with van der Waals surface area (Å²) < 4.78 is 1.69. The molecule has 2 heterocycles. The van der Waals surface area contributed by atoms with Crippen molar-refractivity contribution in [3.8, 4) is 0 Å². The Bertz CT molecular complexity index is 1230. The van der Waals surface area contributed by atoms with Gasteiger partial charge in [0.1, 0.15) is 11.0 Å². The molecule has 31 heavy (non-hydrogen) atoms. The van der Waals surface area contributed by atoms with Gasteiger partial charge in [0.2, 0.25) is 0 Å². The first kappa shape index (κ1) is 21.3. The quantitative estimate of drug-likeness (QED) is 0.552. The van der Waals surface area contributed by atoms with Crippen LogP contribution < -0.4 is 10.9 Å². The van der Waals surface area contributed by atoms with Gasteiger partial charge < -0.3 is 10.4 Å². The van der Waals surface area contributed by atoms with Crippen LogP contribution in [0.3, 0.4) is 0 Å². The number of halogens is 1. The lowest BCUT2D eigenvalue weighted by Gasteiger charge is -2.21. The average molecular weight is 441 g/mol. The van der Waals surface area contributed by atoms with E-state index in [-0.39, 0.29) is 22.4 Å². The molecule has 2 aromatic heterocycles. The van der Waals surface area contributed by atoms with Crippen molar-refractivity contribution in [2.45, 2.75) is 51.5 Å². The summed E-state index contributed by atoms with van der Waals surface area (Å²) in [5.41, 5.74) is 2.61. The van der Waals surface area contributed by atoms with Crippen LogP contribution in [0, 0.1) is 6.92 Å². The fraction of sp³-hybridized carbons (Fsp3) is 0.391. The van der Waals surface area contributed by atoms with Gasteiger partial charge in [0.15, 0.2) is 5.69 Å². The van der Waals surface area contributed by atoms with Crippen molar-refractivity contribution < 1.29 is 9.90 Å². The summed E-state index contributed by atoms with van der Waals surface area (Å²) in [6.45, 7) is 3.86. The van der Waals surface area contributed by atoms with E-state index in [1.165, 1.54) is 0 Å². The zero-order valence-electron chi connectivity index (χ0n) is 17.8. The molecule has 1 aromatic carbocycles. The minimum absolute atomic E-state index is 0.0524. The van der Waals surface area contributed by atoms with Crippen LogP contribution in [0.25, 0.3) is 10.9 Å². The lowest BCUT2D eigenvalue weighted by molar-refractivity contribution is 0.0691. The number of aryl methyl sites for hydroxylation is 1. The smallest absolute Gasteiger partial charge is 0.356 e. The van der Waals surface area contributed by atoms with Crippen LogP contribution in [0.4, 0.5) is 5.69 Å². The Morgan fingerprint density at radius 3 is 2.65 bits per heavy atom. The largest absolute Gasteiger partial charge is 0.476 e. The minimum atomic E-state index is -1.16. The number of carboxylic acids is 1. The van der Waals surface area contributed by atoms with Crippen molar-refractivity contribution in [1.29, 1.82) is 0 Å². The van der Waals surface area contributed by atoms with Crippen LogP contribution in [0.2, 0.25) is 5.15 Å². The van der Waals surface area contributed by atoms with E-state index in [0.29, 0.717) is 22.5 Å². The number of aromatic carboxylic acids is 1. The van der Waals surface area contributed by atoms with Crippen molar-refractivity contribution in [1.82, 2.24) is 14.5 Å². The fourth-order valence-electron chi connectivity index (χ4n) is 4.47. The summed E-state index contributed by atoms with van der Waals surface area (Å²) in [7, 11) is 1.80. The maximum Gasteiger partial charge on any atom is 0.356 e. The molecule has 8 heteroatoms.